The van der Waals surface area contributed by atoms with Gasteiger partial charge in [0.25, 0.3) is 0 Å². The summed E-state index contributed by atoms with van der Waals surface area (Å²) in [4.78, 5) is 24.8. The van der Waals surface area contributed by atoms with Gasteiger partial charge >= 0.3 is 11.4 Å². The maximum atomic E-state index is 11.5. The largest absolute Gasteiger partial charge is 0.419 e. The van der Waals surface area contributed by atoms with Crippen LogP contribution in [0.4, 0.5) is 5.69 Å². The van der Waals surface area contributed by atoms with Crippen molar-refractivity contribution in [3.05, 3.63) is 39.2 Å². The molecule has 0 fully saturated rings. The molecule has 0 amide bonds. The molecular weight excluding hydrogens is 264 g/mol. The molecule has 0 saturated carbocycles. The first kappa shape index (κ1) is 13.0. The number of nitrogens with one attached hydrogen (secondary N) is 3. The first-order valence-electron chi connectivity index (χ1n) is 5.26. The Morgan fingerprint density at radius 3 is 2.90 bits per heavy atom. The van der Waals surface area contributed by atoms with Crippen LogP contribution in [0.5, 0.6) is 0 Å². The molecule has 1 aromatic carbocycles. The van der Waals surface area contributed by atoms with Gasteiger partial charge in [-0.1, -0.05) is 0 Å². The number of fused-ring (bicyclic) bond motifs is 1. The van der Waals surface area contributed by atoms with Crippen LogP contribution in [0.25, 0.3) is 10.9 Å². The average Bonchev–Trinajstić information content (AvgIpc) is 2.39. The highest BCUT2D eigenvalue weighted by atomic mass is 16.4. The monoisotopic (exact) mass is 272 g/mol. The molecule has 0 unspecified atom stereocenters. The Labute approximate surface area is 110 Å². The smallest absolute Gasteiger partial charge is 0.382 e. The number of hydrogen-bond donors (Lipinski definition) is 4. The lowest BCUT2D eigenvalue weighted by atomic mass is 10.2. The second kappa shape index (κ2) is 5.07. The van der Waals surface area contributed by atoms with E-state index in [1.54, 1.807) is 6.07 Å². The fourth-order valence-electron chi connectivity index (χ4n) is 1.43. The van der Waals surface area contributed by atoms with Crippen molar-refractivity contribution in [1.29, 1.82) is 10.7 Å². The maximum Gasteiger partial charge on any atom is 0.419 e. The molecule has 9 nitrogen and oxygen atoms in total. The Kier molecular flexibility index (Phi) is 3.30. The van der Waals surface area contributed by atoms with Crippen LogP contribution in [0.3, 0.4) is 0 Å². The number of rotatable bonds is 3. The Morgan fingerprint density at radius 1 is 1.50 bits per heavy atom. The lowest BCUT2D eigenvalue weighted by Crippen LogP contribution is -2.21. The third-order valence-corrected chi connectivity index (χ3v) is 2.32. The number of hydrazone groups is 1. The van der Waals surface area contributed by atoms with Crippen molar-refractivity contribution in [3.63, 3.8) is 0 Å². The Balaban J connectivity index is 2.44. The summed E-state index contributed by atoms with van der Waals surface area (Å²) in [5.74, 6) is -1.32. The van der Waals surface area contributed by atoms with Gasteiger partial charge in [0.2, 0.25) is 5.71 Å². The van der Waals surface area contributed by atoms with Crippen molar-refractivity contribution in [1.82, 2.24) is 4.98 Å². The van der Waals surface area contributed by atoms with Crippen molar-refractivity contribution >= 4 is 28.1 Å². The highest BCUT2D eigenvalue weighted by Gasteiger charge is 2.05. The fourth-order valence-corrected chi connectivity index (χ4v) is 1.43. The molecule has 0 aliphatic heterocycles. The van der Waals surface area contributed by atoms with E-state index in [1.165, 1.54) is 18.2 Å². The molecular formula is C11H8N6O3. The standard InChI is InChI=1S/C11H8N6O3/c12-4-8(9(13)14)17-16-5-1-2-7-6(3-5)10(18)20-11(19)15-7/h1-3,16H,(H3,13,14)(H,15,19)/b17-8+. The Morgan fingerprint density at radius 2 is 2.25 bits per heavy atom. The second-order valence-electron chi connectivity index (χ2n) is 3.66. The molecule has 5 N–H and O–H groups in total. The predicted octanol–water partition coefficient (Wildman–Crippen LogP) is -0.291. The number of H-pyrrole nitrogens is 1. The number of nitrogens with zero attached hydrogens (tertiary/aromatic N) is 2. The van der Waals surface area contributed by atoms with Crippen molar-refractivity contribution < 1.29 is 4.42 Å². The zero-order valence-corrected chi connectivity index (χ0v) is 9.93. The number of benzene rings is 1. The van der Waals surface area contributed by atoms with Gasteiger partial charge in [0.1, 0.15) is 6.07 Å². The van der Waals surface area contributed by atoms with E-state index in [4.69, 9.17) is 16.4 Å². The summed E-state index contributed by atoms with van der Waals surface area (Å²) in [7, 11) is 0. The summed E-state index contributed by atoms with van der Waals surface area (Å²) in [6.45, 7) is 0. The van der Waals surface area contributed by atoms with Crippen molar-refractivity contribution in [3.8, 4) is 6.07 Å². The number of nitrogens with two attached hydrogens (primary N) is 1. The number of hydrogen-bond acceptors (Lipinski definition) is 7. The molecule has 2 aromatic rings. The quantitative estimate of drug-likeness (QED) is 0.341. The summed E-state index contributed by atoms with van der Waals surface area (Å²) in [5, 5.41) is 19.5. The number of amidine groups is 1. The Bertz CT molecular complexity index is 870. The maximum absolute atomic E-state index is 11.5. The zero-order chi connectivity index (χ0) is 14.7. The molecule has 1 heterocycles. The topological polar surface area (TPSA) is 161 Å². The molecule has 0 bridgehead atoms. The van der Waals surface area contributed by atoms with Crippen LogP contribution in [0, 0.1) is 16.7 Å². The first-order chi connectivity index (χ1) is 9.51. The molecule has 0 saturated heterocycles. The van der Waals surface area contributed by atoms with E-state index >= 15 is 0 Å². The molecule has 1 aromatic heterocycles. The van der Waals surface area contributed by atoms with E-state index in [0.717, 1.165) is 0 Å². The molecule has 0 aliphatic rings. The Hall–Kier alpha value is -3.41. The fraction of sp³-hybridized carbons (Fsp3) is 0. The van der Waals surface area contributed by atoms with Crippen LogP contribution < -0.4 is 22.5 Å². The summed E-state index contributed by atoms with van der Waals surface area (Å²) >= 11 is 0. The molecule has 100 valence electrons. The van der Waals surface area contributed by atoms with Crippen molar-refractivity contribution in [2.75, 3.05) is 5.43 Å². The third-order valence-electron chi connectivity index (χ3n) is 2.32. The van der Waals surface area contributed by atoms with E-state index in [0.29, 0.717) is 11.2 Å². The second-order valence-corrected chi connectivity index (χ2v) is 3.66. The third kappa shape index (κ3) is 2.54. The molecule has 2 rings (SSSR count). The molecule has 0 radical (unpaired) electrons. The lowest BCUT2D eigenvalue weighted by molar-refractivity contribution is 0.460. The van der Waals surface area contributed by atoms with Gasteiger partial charge < -0.3 is 10.2 Å². The summed E-state index contributed by atoms with van der Waals surface area (Å²) < 4.78 is 4.39. The van der Waals surface area contributed by atoms with Gasteiger partial charge in [0.15, 0.2) is 5.84 Å². The average molecular weight is 272 g/mol. The van der Waals surface area contributed by atoms with Crippen LogP contribution >= 0.6 is 0 Å². The SMILES string of the molecule is N#C/C(=N\Nc1ccc2[nH]c(=O)oc(=O)c2c1)C(=N)N. The van der Waals surface area contributed by atoms with Gasteiger partial charge in [-0.2, -0.15) is 10.4 Å². The number of aromatic amines is 1. The lowest BCUT2D eigenvalue weighted by Gasteiger charge is -2.02. The highest BCUT2D eigenvalue weighted by Crippen LogP contribution is 2.13. The molecule has 0 aliphatic carbocycles. The van der Waals surface area contributed by atoms with Crippen LogP contribution in [-0.4, -0.2) is 16.5 Å². The van der Waals surface area contributed by atoms with Crippen LogP contribution in [-0.2, 0) is 0 Å². The van der Waals surface area contributed by atoms with Gasteiger partial charge in [-0.25, -0.2) is 9.59 Å². The molecule has 0 atom stereocenters. The number of anilines is 1. The van der Waals surface area contributed by atoms with E-state index in [1.807, 2.05) is 0 Å². The van der Waals surface area contributed by atoms with Crippen LogP contribution in [0.1, 0.15) is 0 Å². The van der Waals surface area contributed by atoms with Gasteiger partial charge in [-0.05, 0) is 18.2 Å². The summed E-state index contributed by atoms with van der Waals surface area (Å²) in [6.07, 6.45) is 0. The van der Waals surface area contributed by atoms with Crippen molar-refractivity contribution in [2.45, 2.75) is 0 Å². The van der Waals surface area contributed by atoms with Crippen LogP contribution in [0.2, 0.25) is 0 Å². The van der Waals surface area contributed by atoms with Gasteiger partial charge in [0.05, 0.1) is 16.6 Å². The van der Waals surface area contributed by atoms with E-state index in [9.17, 15) is 9.59 Å². The molecule has 9 heteroatoms. The van der Waals surface area contributed by atoms with E-state index in [2.05, 4.69) is 19.9 Å². The van der Waals surface area contributed by atoms with Gasteiger partial charge in [-0.3, -0.25) is 15.8 Å². The minimum absolute atomic E-state index is 0.145. The van der Waals surface area contributed by atoms with Gasteiger partial charge in [-0.15, -0.1) is 0 Å². The van der Waals surface area contributed by atoms with Crippen molar-refractivity contribution in [2.24, 2.45) is 10.8 Å². The zero-order valence-electron chi connectivity index (χ0n) is 9.93. The predicted molar refractivity (Wildman–Crippen MR) is 71.7 cm³/mol. The molecule has 0 spiro atoms. The minimum atomic E-state index is -0.843. The number of nitriles is 1. The van der Waals surface area contributed by atoms with E-state index in [-0.39, 0.29) is 11.1 Å². The van der Waals surface area contributed by atoms with E-state index < -0.39 is 17.2 Å². The van der Waals surface area contributed by atoms with Gasteiger partial charge in [0, 0.05) is 0 Å². The summed E-state index contributed by atoms with van der Waals surface area (Å²) in [5.41, 5.74) is 7.21. The highest BCUT2D eigenvalue weighted by molar-refractivity contribution is 6.45. The summed E-state index contributed by atoms with van der Waals surface area (Å²) in [6, 6.07) is 6.02. The minimum Gasteiger partial charge on any atom is -0.382 e. The molecule has 20 heavy (non-hydrogen) atoms. The van der Waals surface area contributed by atoms with Crippen LogP contribution in [0.15, 0.2) is 37.3 Å². The normalized spacial score (nSPS) is 11.1. The first-order valence-corrected chi connectivity index (χ1v) is 5.26. The number of aromatic nitrogens is 1.